The molecule has 9 heteroatoms. The molecule has 3 N–H and O–H groups in total. The lowest BCUT2D eigenvalue weighted by Gasteiger charge is -2.26. The van der Waals surface area contributed by atoms with Crippen molar-refractivity contribution in [2.45, 2.75) is 360 Å². The van der Waals surface area contributed by atoms with Gasteiger partial charge >= 0.3 is 7.82 Å². The number of hydrogen-bond acceptors (Lipinski definition) is 5. The predicted octanol–water partition coefficient (Wildman–Crippen LogP) is 21.1. The number of carbonyl (C=O) groups excluding carboxylic acids is 1. The Morgan fingerprint density at radius 1 is 0.447 bits per heavy atom. The van der Waals surface area contributed by atoms with Crippen molar-refractivity contribution in [3.8, 4) is 0 Å². The molecule has 1 amide bonds. The van der Waals surface area contributed by atoms with Crippen molar-refractivity contribution in [1.29, 1.82) is 0 Å². The van der Waals surface area contributed by atoms with E-state index in [2.05, 4.69) is 43.5 Å². The summed E-state index contributed by atoms with van der Waals surface area (Å²) < 4.78 is 23.9. The first-order chi connectivity index (χ1) is 37.0. The number of amides is 1. The van der Waals surface area contributed by atoms with Crippen LogP contribution in [0.4, 0.5) is 0 Å². The van der Waals surface area contributed by atoms with Crippen LogP contribution in [0.1, 0.15) is 348 Å². The van der Waals surface area contributed by atoms with Crippen LogP contribution < -0.4 is 5.32 Å². The molecule has 0 bridgehead atoms. The Hall–Kier alpha value is -1.02. The molecular weight excluding hydrogens is 960 g/mol. The third-order valence-electron chi connectivity index (χ3n) is 15.7. The van der Waals surface area contributed by atoms with Crippen LogP contribution in [0.25, 0.3) is 0 Å². The molecule has 0 rings (SSSR count). The molecule has 452 valence electrons. The van der Waals surface area contributed by atoms with Crippen molar-refractivity contribution in [2.75, 3.05) is 40.9 Å². The number of unbranched alkanes of at least 4 members (excludes halogenated alkanes) is 46. The number of carbonyl (C=O) groups is 1. The van der Waals surface area contributed by atoms with Gasteiger partial charge in [-0.3, -0.25) is 13.8 Å². The minimum Gasteiger partial charge on any atom is -0.391 e. The van der Waals surface area contributed by atoms with E-state index in [1.165, 1.54) is 276 Å². The Balaban J connectivity index is 4.02. The van der Waals surface area contributed by atoms with Crippen LogP contribution in [0.3, 0.4) is 0 Å². The van der Waals surface area contributed by atoms with Crippen LogP contribution in [-0.4, -0.2) is 73.4 Å². The SMILES string of the molecule is CCCCCCC/C=C\C/C=C\CCCCCCCCCCCCCC(=O)NC(COP(=O)(O)OCC[N+](C)(C)C)C(O)CCCCCCCCCCCCCCCCCCCCCCCCCCCCCCCCC. The zero-order valence-corrected chi connectivity index (χ0v) is 52.7. The molecule has 0 aliphatic heterocycles. The summed E-state index contributed by atoms with van der Waals surface area (Å²) >= 11 is 0. The van der Waals surface area contributed by atoms with Gasteiger partial charge in [-0.1, -0.05) is 321 Å². The normalized spacial score (nSPS) is 13.8. The molecule has 76 heavy (non-hydrogen) atoms. The highest BCUT2D eigenvalue weighted by Gasteiger charge is 2.28. The molecule has 3 atom stereocenters. The second-order valence-electron chi connectivity index (χ2n) is 24.6. The maximum Gasteiger partial charge on any atom is 0.472 e. The number of phosphoric acid groups is 1. The van der Waals surface area contributed by atoms with Crippen LogP contribution >= 0.6 is 7.82 Å². The van der Waals surface area contributed by atoms with Gasteiger partial charge in [0.25, 0.3) is 0 Å². The van der Waals surface area contributed by atoms with Gasteiger partial charge in [-0.05, 0) is 44.9 Å². The Morgan fingerprint density at radius 2 is 0.750 bits per heavy atom. The minimum atomic E-state index is -4.33. The molecule has 0 fully saturated rings. The lowest BCUT2D eigenvalue weighted by Crippen LogP contribution is -2.46. The Kier molecular flexibility index (Phi) is 57.8. The van der Waals surface area contributed by atoms with Gasteiger partial charge in [0.15, 0.2) is 0 Å². The van der Waals surface area contributed by atoms with Crippen molar-refractivity contribution in [3.63, 3.8) is 0 Å². The van der Waals surface area contributed by atoms with Gasteiger partial charge < -0.3 is 19.8 Å². The summed E-state index contributed by atoms with van der Waals surface area (Å²) in [4.78, 5) is 23.4. The van der Waals surface area contributed by atoms with Crippen molar-refractivity contribution >= 4 is 13.7 Å². The van der Waals surface area contributed by atoms with Gasteiger partial charge in [0, 0.05) is 6.42 Å². The van der Waals surface area contributed by atoms with E-state index >= 15 is 0 Å². The van der Waals surface area contributed by atoms with Crippen molar-refractivity contribution in [2.24, 2.45) is 0 Å². The van der Waals surface area contributed by atoms with Crippen LogP contribution in [-0.2, 0) is 18.4 Å². The van der Waals surface area contributed by atoms with Crippen LogP contribution in [0.2, 0.25) is 0 Å². The lowest BCUT2D eigenvalue weighted by atomic mass is 10.0. The van der Waals surface area contributed by atoms with E-state index in [9.17, 15) is 19.4 Å². The zero-order chi connectivity index (χ0) is 55.6. The predicted molar refractivity (Wildman–Crippen MR) is 332 cm³/mol. The second kappa shape index (κ2) is 58.6. The molecule has 0 aromatic rings. The van der Waals surface area contributed by atoms with E-state index in [0.717, 1.165) is 44.9 Å². The lowest BCUT2D eigenvalue weighted by molar-refractivity contribution is -0.870. The summed E-state index contributed by atoms with van der Waals surface area (Å²) in [6, 6.07) is -0.762. The molecule has 0 aromatic heterocycles. The molecule has 0 saturated carbocycles. The number of hydrogen-bond donors (Lipinski definition) is 3. The van der Waals surface area contributed by atoms with Gasteiger partial charge in [0.1, 0.15) is 13.2 Å². The second-order valence-corrected chi connectivity index (χ2v) is 26.0. The number of nitrogens with zero attached hydrogens (tertiary/aromatic N) is 1. The van der Waals surface area contributed by atoms with E-state index in [1.807, 2.05) is 21.1 Å². The third kappa shape index (κ3) is 60.6. The largest absolute Gasteiger partial charge is 0.472 e. The van der Waals surface area contributed by atoms with Gasteiger partial charge in [-0.2, -0.15) is 0 Å². The number of nitrogens with one attached hydrogen (secondary N) is 1. The summed E-state index contributed by atoms with van der Waals surface area (Å²) in [6.45, 7) is 4.93. The Labute approximate surface area is 474 Å². The quantitative estimate of drug-likeness (QED) is 0.0243. The van der Waals surface area contributed by atoms with E-state index in [-0.39, 0.29) is 19.1 Å². The van der Waals surface area contributed by atoms with Crippen molar-refractivity contribution < 1.29 is 32.9 Å². The van der Waals surface area contributed by atoms with Gasteiger partial charge in [0.2, 0.25) is 5.91 Å². The number of quaternary nitrogens is 1. The topological polar surface area (TPSA) is 105 Å². The first-order valence-electron chi connectivity index (χ1n) is 33.7. The summed E-state index contributed by atoms with van der Waals surface area (Å²) in [7, 11) is 1.63. The number of likely N-dealkylation sites (N-methyl/N-ethyl adjacent to an activating group) is 1. The number of allylic oxidation sites excluding steroid dienone is 4. The fraction of sp³-hybridized carbons (Fsp3) is 0.925. The average Bonchev–Trinajstić information content (AvgIpc) is 3.38. The molecule has 0 radical (unpaired) electrons. The number of aliphatic hydroxyl groups excluding tert-OH is 1. The summed E-state index contributed by atoms with van der Waals surface area (Å²) in [5, 5.41) is 14.1. The number of aliphatic hydroxyl groups is 1. The van der Waals surface area contributed by atoms with Gasteiger partial charge in [-0.15, -0.1) is 0 Å². The number of phosphoric ester groups is 1. The maximum absolute atomic E-state index is 13.0. The van der Waals surface area contributed by atoms with Gasteiger partial charge in [0.05, 0.1) is 39.9 Å². The highest BCUT2D eigenvalue weighted by Crippen LogP contribution is 2.43. The summed E-state index contributed by atoms with van der Waals surface area (Å²) in [6.07, 6.45) is 75.5. The van der Waals surface area contributed by atoms with Crippen molar-refractivity contribution in [3.05, 3.63) is 24.3 Å². The highest BCUT2D eigenvalue weighted by molar-refractivity contribution is 7.47. The van der Waals surface area contributed by atoms with E-state index in [0.29, 0.717) is 23.9 Å². The molecule has 3 unspecified atom stereocenters. The van der Waals surface area contributed by atoms with Crippen LogP contribution in [0, 0.1) is 0 Å². The Morgan fingerprint density at radius 3 is 1.08 bits per heavy atom. The first-order valence-corrected chi connectivity index (χ1v) is 35.2. The fourth-order valence-corrected chi connectivity index (χ4v) is 11.2. The molecule has 0 aromatic carbocycles. The van der Waals surface area contributed by atoms with Gasteiger partial charge in [-0.25, -0.2) is 4.57 Å². The molecule has 0 aliphatic carbocycles. The third-order valence-corrected chi connectivity index (χ3v) is 16.7. The van der Waals surface area contributed by atoms with Crippen molar-refractivity contribution in [1.82, 2.24) is 5.32 Å². The molecule has 8 nitrogen and oxygen atoms in total. The number of rotatable bonds is 63. The smallest absolute Gasteiger partial charge is 0.391 e. The Bertz CT molecular complexity index is 1290. The van der Waals surface area contributed by atoms with E-state index in [1.54, 1.807) is 0 Å². The average molecular weight is 1090 g/mol. The molecular formula is C67H134N2O6P+. The molecule has 0 saturated heterocycles. The van der Waals surface area contributed by atoms with E-state index < -0.39 is 20.0 Å². The highest BCUT2D eigenvalue weighted by atomic mass is 31.2. The summed E-state index contributed by atoms with van der Waals surface area (Å²) in [5.74, 6) is -0.141. The standard InChI is InChI=1S/C67H133N2O6P/c1-6-8-10-12-14-16-18-20-22-24-26-28-30-31-32-33-34-35-36-37-39-40-42-44-46-48-50-52-54-56-58-60-66(70)65(64-75-76(72,73)74-63-62-69(3,4)5)68-67(71)61-59-57-55-53-51-49-47-45-43-41-38-29-27-25-23-21-19-17-15-13-11-9-7-2/h19,21,25,27,65-66,70H,6-18,20,22-24,26,28-64H2,1-5H3,(H-,68,71,72,73)/p+1/b21-19-,27-25-. The first kappa shape index (κ1) is 75.0. The fourth-order valence-electron chi connectivity index (χ4n) is 10.4. The molecule has 0 spiro atoms. The maximum atomic E-state index is 13.0. The van der Waals surface area contributed by atoms with E-state index in [4.69, 9.17) is 9.05 Å². The van der Waals surface area contributed by atoms with Crippen LogP contribution in [0.15, 0.2) is 24.3 Å². The van der Waals surface area contributed by atoms with Crippen LogP contribution in [0.5, 0.6) is 0 Å². The molecule has 0 heterocycles. The molecule has 0 aliphatic rings. The zero-order valence-electron chi connectivity index (χ0n) is 51.8. The monoisotopic (exact) mass is 1090 g/mol. The summed E-state index contributed by atoms with van der Waals surface area (Å²) in [5.41, 5.74) is 0. The minimum absolute atomic E-state index is 0.0759.